The van der Waals surface area contributed by atoms with Gasteiger partial charge in [0.15, 0.2) is 0 Å². The molecule has 0 saturated carbocycles. The second-order valence-electron chi connectivity index (χ2n) is 7.53. The van der Waals surface area contributed by atoms with Gasteiger partial charge in [0, 0.05) is 38.3 Å². The highest BCUT2D eigenvalue weighted by atomic mass is 16.5. The van der Waals surface area contributed by atoms with Crippen LogP contribution in [-0.2, 0) is 4.74 Å². The predicted molar refractivity (Wildman–Crippen MR) is 94.0 cm³/mol. The van der Waals surface area contributed by atoms with Crippen LogP contribution < -0.4 is 5.32 Å². The van der Waals surface area contributed by atoms with Crippen molar-refractivity contribution in [3.8, 4) is 0 Å². The van der Waals surface area contributed by atoms with Crippen molar-refractivity contribution >= 4 is 0 Å². The minimum Gasteiger partial charge on any atom is -0.383 e. The molecule has 0 aromatic carbocycles. The average molecular weight is 301 g/mol. The van der Waals surface area contributed by atoms with E-state index in [-0.39, 0.29) is 5.54 Å². The first kappa shape index (κ1) is 20.9. The number of methoxy groups -OCH3 is 1. The second kappa shape index (κ2) is 9.81. The molecule has 0 aromatic rings. The van der Waals surface area contributed by atoms with Gasteiger partial charge >= 0.3 is 0 Å². The van der Waals surface area contributed by atoms with Crippen molar-refractivity contribution in [1.29, 1.82) is 0 Å². The van der Waals surface area contributed by atoms with E-state index >= 15 is 0 Å². The number of hydrogen-bond acceptors (Lipinski definition) is 3. The van der Waals surface area contributed by atoms with Crippen LogP contribution in [0.1, 0.15) is 67.7 Å². The van der Waals surface area contributed by atoms with Crippen LogP contribution in [0.2, 0.25) is 0 Å². The topological polar surface area (TPSA) is 24.5 Å². The molecule has 3 heteroatoms. The smallest absolute Gasteiger partial charge is 0.0589 e. The Morgan fingerprint density at radius 3 is 2.05 bits per heavy atom. The van der Waals surface area contributed by atoms with Gasteiger partial charge in [-0.25, -0.2) is 0 Å². The lowest BCUT2D eigenvalue weighted by Crippen LogP contribution is -2.50. The van der Waals surface area contributed by atoms with Crippen LogP contribution in [0.25, 0.3) is 0 Å². The SMILES string of the molecule is CCC(C)N(CCOC)CC(CC)(CC)CNC(C)(C)C. The number of hydrogen-bond donors (Lipinski definition) is 1. The van der Waals surface area contributed by atoms with E-state index in [0.717, 1.165) is 26.2 Å². The molecule has 128 valence electrons. The first-order chi connectivity index (χ1) is 9.73. The summed E-state index contributed by atoms with van der Waals surface area (Å²) in [5.74, 6) is 0. The molecule has 21 heavy (non-hydrogen) atoms. The molecule has 0 radical (unpaired) electrons. The van der Waals surface area contributed by atoms with Gasteiger partial charge in [0.25, 0.3) is 0 Å². The highest BCUT2D eigenvalue weighted by Gasteiger charge is 2.31. The Morgan fingerprint density at radius 1 is 1.10 bits per heavy atom. The van der Waals surface area contributed by atoms with Crippen molar-refractivity contribution in [2.75, 3.05) is 33.4 Å². The van der Waals surface area contributed by atoms with E-state index in [1.807, 2.05) is 0 Å². The Labute approximate surface area is 133 Å². The third-order valence-electron chi connectivity index (χ3n) is 4.83. The quantitative estimate of drug-likeness (QED) is 0.626. The molecule has 0 aliphatic rings. The van der Waals surface area contributed by atoms with Gasteiger partial charge in [-0.3, -0.25) is 4.90 Å². The summed E-state index contributed by atoms with van der Waals surface area (Å²) in [4.78, 5) is 2.61. The molecule has 1 unspecified atom stereocenters. The molecule has 0 rings (SSSR count). The fourth-order valence-corrected chi connectivity index (χ4v) is 2.59. The van der Waals surface area contributed by atoms with Gasteiger partial charge in [-0.15, -0.1) is 0 Å². The largest absolute Gasteiger partial charge is 0.383 e. The van der Waals surface area contributed by atoms with Gasteiger partial charge in [0.1, 0.15) is 0 Å². The van der Waals surface area contributed by atoms with Gasteiger partial charge in [-0.1, -0.05) is 20.8 Å². The fraction of sp³-hybridized carbons (Fsp3) is 1.00. The van der Waals surface area contributed by atoms with Crippen LogP contribution in [0.3, 0.4) is 0 Å². The van der Waals surface area contributed by atoms with Crippen LogP contribution in [0.4, 0.5) is 0 Å². The lowest BCUT2D eigenvalue weighted by Gasteiger charge is -2.41. The van der Waals surface area contributed by atoms with Crippen LogP contribution in [0.15, 0.2) is 0 Å². The predicted octanol–water partition coefficient (Wildman–Crippen LogP) is 3.93. The van der Waals surface area contributed by atoms with Crippen molar-refractivity contribution < 1.29 is 4.74 Å². The van der Waals surface area contributed by atoms with Gasteiger partial charge in [-0.05, 0) is 52.4 Å². The summed E-state index contributed by atoms with van der Waals surface area (Å²) in [7, 11) is 1.79. The molecule has 0 aliphatic heterocycles. The maximum atomic E-state index is 5.31. The minimum atomic E-state index is 0.184. The number of ether oxygens (including phenoxy) is 1. The van der Waals surface area contributed by atoms with E-state index in [2.05, 4.69) is 58.7 Å². The monoisotopic (exact) mass is 300 g/mol. The van der Waals surface area contributed by atoms with Gasteiger partial charge in [0.2, 0.25) is 0 Å². The van der Waals surface area contributed by atoms with Crippen molar-refractivity contribution in [3.05, 3.63) is 0 Å². The van der Waals surface area contributed by atoms with Crippen LogP contribution in [0.5, 0.6) is 0 Å². The van der Waals surface area contributed by atoms with Gasteiger partial charge < -0.3 is 10.1 Å². The summed E-state index contributed by atoms with van der Waals surface area (Å²) >= 11 is 0. The lowest BCUT2D eigenvalue weighted by atomic mass is 9.80. The molecule has 1 atom stereocenters. The van der Waals surface area contributed by atoms with Crippen LogP contribution >= 0.6 is 0 Å². The summed E-state index contributed by atoms with van der Waals surface area (Å²) in [5, 5.41) is 3.73. The normalized spacial score (nSPS) is 14.7. The zero-order chi connectivity index (χ0) is 16.5. The molecule has 3 nitrogen and oxygen atoms in total. The highest BCUT2D eigenvalue weighted by molar-refractivity contribution is 4.87. The molecule has 0 aliphatic carbocycles. The third kappa shape index (κ3) is 8.18. The van der Waals surface area contributed by atoms with E-state index in [1.54, 1.807) is 7.11 Å². The molecule has 1 N–H and O–H groups in total. The van der Waals surface area contributed by atoms with E-state index in [0.29, 0.717) is 11.5 Å². The molecular formula is C18H40N2O. The molecule has 0 fully saturated rings. The summed E-state index contributed by atoms with van der Waals surface area (Å²) in [6.07, 6.45) is 3.62. The lowest BCUT2D eigenvalue weighted by molar-refractivity contribution is 0.0684. The van der Waals surface area contributed by atoms with E-state index in [4.69, 9.17) is 4.74 Å². The average Bonchev–Trinajstić information content (AvgIpc) is 2.45. The van der Waals surface area contributed by atoms with E-state index in [1.165, 1.54) is 19.3 Å². The Morgan fingerprint density at radius 2 is 1.67 bits per heavy atom. The molecule has 0 aromatic heterocycles. The Bertz CT molecular complexity index is 256. The van der Waals surface area contributed by atoms with Gasteiger partial charge in [-0.2, -0.15) is 0 Å². The summed E-state index contributed by atoms with van der Waals surface area (Å²) < 4.78 is 5.31. The van der Waals surface area contributed by atoms with E-state index < -0.39 is 0 Å². The van der Waals surface area contributed by atoms with Crippen molar-refractivity contribution in [3.63, 3.8) is 0 Å². The molecule has 0 heterocycles. The number of nitrogens with zero attached hydrogens (tertiary/aromatic N) is 1. The third-order valence-corrected chi connectivity index (χ3v) is 4.83. The molecule has 0 saturated heterocycles. The summed E-state index contributed by atoms with van der Waals surface area (Å²) in [6, 6.07) is 0.618. The zero-order valence-corrected chi connectivity index (χ0v) is 15.9. The van der Waals surface area contributed by atoms with Crippen LogP contribution in [0, 0.1) is 5.41 Å². The minimum absolute atomic E-state index is 0.184. The maximum absolute atomic E-state index is 5.31. The highest BCUT2D eigenvalue weighted by Crippen LogP contribution is 2.29. The molecule has 0 bridgehead atoms. The Balaban J connectivity index is 4.88. The fourth-order valence-electron chi connectivity index (χ4n) is 2.59. The number of nitrogens with one attached hydrogen (secondary N) is 1. The van der Waals surface area contributed by atoms with E-state index in [9.17, 15) is 0 Å². The summed E-state index contributed by atoms with van der Waals surface area (Å²) in [6.45, 7) is 20.1. The molecule has 0 amide bonds. The Kier molecular flexibility index (Phi) is 9.75. The number of rotatable bonds is 11. The molecule has 0 spiro atoms. The first-order valence-electron chi connectivity index (χ1n) is 8.71. The van der Waals surface area contributed by atoms with Crippen molar-refractivity contribution in [1.82, 2.24) is 10.2 Å². The zero-order valence-electron chi connectivity index (χ0n) is 15.9. The maximum Gasteiger partial charge on any atom is 0.0589 e. The standard InChI is InChI=1S/C18H40N2O/c1-9-16(4)20(12-13-21-8)15-18(10-2,11-3)14-19-17(5,6)7/h16,19H,9-15H2,1-8H3. The van der Waals surface area contributed by atoms with Crippen molar-refractivity contribution in [2.24, 2.45) is 5.41 Å². The second-order valence-corrected chi connectivity index (χ2v) is 7.53. The summed E-state index contributed by atoms with van der Waals surface area (Å²) in [5.41, 5.74) is 0.535. The first-order valence-corrected chi connectivity index (χ1v) is 8.71. The Hall–Kier alpha value is -0.120. The molecular weight excluding hydrogens is 260 g/mol. The van der Waals surface area contributed by atoms with Crippen molar-refractivity contribution in [2.45, 2.75) is 79.3 Å². The van der Waals surface area contributed by atoms with Gasteiger partial charge in [0.05, 0.1) is 6.61 Å². The van der Waals surface area contributed by atoms with Crippen LogP contribution in [-0.4, -0.2) is 49.8 Å².